The molecule has 1 aromatic rings. The first kappa shape index (κ1) is 15.4. The third-order valence-electron chi connectivity index (χ3n) is 7.94. The highest BCUT2D eigenvalue weighted by Gasteiger charge is 2.70. The molecule has 136 valence electrons. The van der Waals surface area contributed by atoms with Gasteiger partial charge in [-0.2, -0.15) is 0 Å². The molecule has 1 aromatic carbocycles. The molecule has 2 N–H and O–H groups in total. The summed E-state index contributed by atoms with van der Waals surface area (Å²) in [6.07, 6.45) is 3.64. The average molecular weight is 352 g/mol. The van der Waals surface area contributed by atoms with Crippen molar-refractivity contribution in [2.24, 2.45) is 11.8 Å². The van der Waals surface area contributed by atoms with Gasteiger partial charge in [0.05, 0.1) is 25.2 Å². The van der Waals surface area contributed by atoms with E-state index in [0.717, 1.165) is 31.6 Å². The average Bonchev–Trinajstić information content (AvgIpc) is 3.17. The number of carbonyl (C=O) groups is 1. The summed E-state index contributed by atoms with van der Waals surface area (Å²) in [5.74, 6) is 0.392. The number of piperidine rings is 2. The van der Waals surface area contributed by atoms with Crippen LogP contribution in [0.5, 0.6) is 0 Å². The summed E-state index contributed by atoms with van der Waals surface area (Å²) in [5, 5.41) is 20.5. The second-order valence-electron chi connectivity index (χ2n) is 8.65. The number of carbonyl (C=O) groups excluding carboxylic acids is 1. The van der Waals surface area contributed by atoms with Crippen molar-refractivity contribution in [2.75, 3.05) is 24.6 Å². The monoisotopic (exact) mass is 352 g/mol. The van der Waals surface area contributed by atoms with Crippen LogP contribution >= 0.6 is 0 Å². The van der Waals surface area contributed by atoms with Gasteiger partial charge in [-0.3, -0.25) is 9.69 Å². The Morgan fingerprint density at radius 3 is 3.00 bits per heavy atom. The lowest BCUT2D eigenvalue weighted by atomic mass is 9.53. The second kappa shape index (κ2) is 4.97. The summed E-state index contributed by atoms with van der Waals surface area (Å²) >= 11 is 0. The molecule has 1 saturated carbocycles. The highest BCUT2D eigenvalue weighted by Crippen LogP contribution is 2.64. The Bertz CT molecular complexity index is 836. The van der Waals surface area contributed by atoms with Crippen LogP contribution in [0.4, 0.5) is 5.69 Å². The van der Waals surface area contributed by atoms with Crippen molar-refractivity contribution in [3.63, 3.8) is 0 Å². The highest BCUT2D eigenvalue weighted by atomic mass is 16.3. The molecule has 4 aliphatic heterocycles. The maximum atomic E-state index is 13.0. The van der Waals surface area contributed by atoms with E-state index in [2.05, 4.69) is 23.1 Å². The van der Waals surface area contributed by atoms with Gasteiger partial charge in [0.15, 0.2) is 0 Å². The van der Waals surface area contributed by atoms with Crippen molar-refractivity contribution >= 4 is 11.6 Å². The van der Waals surface area contributed by atoms with Gasteiger partial charge in [-0.15, -0.1) is 0 Å². The molecule has 6 atom stereocenters. The first-order chi connectivity index (χ1) is 12.7. The largest absolute Gasteiger partial charge is 0.392 e. The minimum Gasteiger partial charge on any atom is -0.392 e. The standard InChI is InChI=1S/C21H24N2O3/c24-8-5-12-11-22-7-6-21-14-3-1-2-4-15(14)23-18(26)10-16(25)19(20(21)23)13(12)9-17(21)22/h1-5,13,16-17,19-20,24-25H,6-11H2/b12-5+. The zero-order valence-electron chi connectivity index (χ0n) is 14.7. The summed E-state index contributed by atoms with van der Waals surface area (Å²) in [6.45, 7) is 1.96. The van der Waals surface area contributed by atoms with Crippen LogP contribution in [-0.4, -0.2) is 58.9 Å². The first-order valence-electron chi connectivity index (χ1n) is 9.80. The quantitative estimate of drug-likeness (QED) is 0.742. The van der Waals surface area contributed by atoms with Gasteiger partial charge in [0, 0.05) is 29.6 Å². The topological polar surface area (TPSA) is 64.0 Å². The number of aliphatic hydroxyl groups is 2. The summed E-state index contributed by atoms with van der Waals surface area (Å²) in [7, 11) is 0. The SMILES string of the molecule is O=C1CC(O)C2C3CC4N(CCC45c4ccccc4N1C25)C/C3=C\CO. The number of aliphatic hydroxyl groups excluding tert-OH is 2. The summed E-state index contributed by atoms with van der Waals surface area (Å²) in [4.78, 5) is 17.6. The summed E-state index contributed by atoms with van der Waals surface area (Å²) in [5.41, 5.74) is 3.60. The third-order valence-corrected chi connectivity index (χ3v) is 7.94. The number of fused-ring (bicyclic) bond motifs is 4. The minimum atomic E-state index is -0.588. The Balaban J connectivity index is 1.61. The van der Waals surface area contributed by atoms with Gasteiger partial charge in [0.25, 0.3) is 0 Å². The fourth-order valence-corrected chi connectivity index (χ4v) is 7.20. The molecule has 6 rings (SSSR count). The molecular weight excluding hydrogens is 328 g/mol. The Morgan fingerprint density at radius 2 is 2.15 bits per heavy atom. The van der Waals surface area contributed by atoms with Crippen LogP contribution in [0, 0.1) is 11.8 Å². The van der Waals surface area contributed by atoms with Gasteiger partial charge in [-0.25, -0.2) is 0 Å². The van der Waals surface area contributed by atoms with Crippen molar-refractivity contribution in [1.29, 1.82) is 0 Å². The molecule has 1 aliphatic carbocycles. The predicted molar refractivity (Wildman–Crippen MR) is 96.8 cm³/mol. The molecule has 1 spiro atoms. The number of anilines is 1. The Morgan fingerprint density at radius 1 is 1.31 bits per heavy atom. The van der Waals surface area contributed by atoms with Gasteiger partial charge < -0.3 is 15.1 Å². The van der Waals surface area contributed by atoms with E-state index in [0.29, 0.717) is 6.04 Å². The first-order valence-corrected chi connectivity index (χ1v) is 9.80. The molecule has 3 saturated heterocycles. The molecule has 4 fully saturated rings. The smallest absolute Gasteiger partial charge is 0.229 e. The van der Waals surface area contributed by atoms with Crippen LogP contribution in [-0.2, 0) is 10.2 Å². The molecular formula is C21H24N2O3. The molecule has 1 amide bonds. The Kier molecular flexibility index (Phi) is 2.94. The van der Waals surface area contributed by atoms with Crippen LogP contribution in [0.3, 0.4) is 0 Å². The van der Waals surface area contributed by atoms with Gasteiger partial charge >= 0.3 is 0 Å². The van der Waals surface area contributed by atoms with Crippen LogP contribution < -0.4 is 4.90 Å². The van der Waals surface area contributed by atoms with Gasteiger partial charge in [0.1, 0.15) is 0 Å². The molecule has 5 nitrogen and oxygen atoms in total. The number of hydrogen-bond acceptors (Lipinski definition) is 4. The fraction of sp³-hybridized carbons (Fsp3) is 0.571. The molecule has 4 heterocycles. The van der Waals surface area contributed by atoms with Gasteiger partial charge in [-0.05, 0) is 36.9 Å². The van der Waals surface area contributed by atoms with E-state index in [1.807, 2.05) is 17.0 Å². The summed E-state index contributed by atoms with van der Waals surface area (Å²) in [6, 6.07) is 8.90. The van der Waals surface area contributed by atoms with E-state index in [9.17, 15) is 15.0 Å². The maximum Gasteiger partial charge on any atom is 0.229 e. The van der Waals surface area contributed by atoms with Gasteiger partial charge in [0.2, 0.25) is 5.91 Å². The molecule has 5 heteroatoms. The van der Waals surface area contributed by atoms with E-state index < -0.39 is 6.10 Å². The number of benzene rings is 1. The molecule has 0 radical (unpaired) electrons. The fourth-order valence-electron chi connectivity index (χ4n) is 7.20. The zero-order chi connectivity index (χ0) is 17.6. The molecule has 2 bridgehead atoms. The number of para-hydroxylation sites is 1. The zero-order valence-corrected chi connectivity index (χ0v) is 14.7. The number of hydrogen-bond donors (Lipinski definition) is 2. The normalized spacial score (nSPS) is 44.4. The van der Waals surface area contributed by atoms with Crippen molar-refractivity contribution in [1.82, 2.24) is 4.90 Å². The van der Waals surface area contributed by atoms with Crippen molar-refractivity contribution in [3.8, 4) is 0 Å². The molecule has 6 unspecified atom stereocenters. The molecule has 0 aromatic heterocycles. The second-order valence-corrected chi connectivity index (χ2v) is 8.65. The van der Waals surface area contributed by atoms with E-state index in [1.54, 1.807) is 0 Å². The maximum absolute atomic E-state index is 13.0. The van der Waals surface area contributed by atoms with E-state index in [1.165, 1.54) is 11.1 Å². The number of nitrogens with zero attached hydrogens (tertiary/aromatic N) is 2. The number of amides is 1. The van der Waals surface area contributed by atoms with Crippen LogP contribution in [0.2, 0.25) is 0 Å². The van der Waals surface area contributed by atoms with Crippen molar-refractivity contribution in [3.05, 3.63) is 41.5 Å². The summed E-state index contributed by atoms with van der Waals surface area (Å²) < 4.78 is 0. The lowest BCUT2D eigenvalue weighted by molar-refractivity contribution is -0.129. The highest BCUT2D eigenvalue weighted by molar-refractivity contribution is 5.99. The third kappa shape index (κ3) is 1.57. The lowest BCUT2D eigenvalue weighted by Crippen LogP contribution is -2.69. The lowest BCUT2D eigenvalue weighted by Gasteiger charge is -2.58. The van der Waals surface area contributed by atoms with E-state index in [-0.39, 0.29) is 42.2 Å². The van der Waals surface area contributed by atoms with E-state index >= 15 is 0 Å². The molecule has 5 aliphatic rings. The van der Waals surface area contributed by atoms with E-state index in [4.69, 9.17) is 0 Å². The molecule has 26 heavy (non-hydrogen) atoms. The predicted octanol–water partition coefficient (Wildman–Crippen LogP) is 1.05. The van der Waals surface area contributed by atoms with Crippen LogP contribution in [0.1, 0.15) is 24.8 Å². The Labute approximate surface area is 152 Å². The minimum absolute atomic E-state index is 0.0421. The van der Waals surface area contributed by atoms with Gasteiger partial charge in [-0.1, -0.05) is 29.8 Å². The number of rotatable bonds is 1. The van der Waals surface area contributed by atoms with Crippen molar-refractivity contribution < 1.29 is 15.0 Å². The van der Waals surface area contributed by atoms with Crippen LogP contribution in [0.15, 0.2) is 35.9 Å². The Hall–Kier alpha value is -1.69. The van der Waals surface area contributed by atoms with Crippen molar-refractivity contribution in [2.45, 2.75) is 42.9 Å². The van der Waals surface area contributed by atoms with Crippen LogP contribution in [0.25, 0.3) is 0 Å².